The minimum Gasteiger partial charge on any atom is -0.469 e. The Hall–Kier alpha value is -5.64. The van der Waals surface area contributed by atoms with Crippen LogP contribution in [0.1, 0.15) is 90.8 Å². The molecular weight excluding hydrogens is 654 g/mol. The summed E-state index contributed by atoms with van der Waals surface area (Å²) in [6, 6.07) is 17.6. The van der Waals surface area contributed by atoms with Gasteiger partial charge in [-0.25, -0.2) is 9.97 Å². The van der Waals surface area contributed by atoms with E-state index < -0.39 is 23.7 Å². The van der Waals surface area contributed by atoms with Crippen molar-refractivity contribution in [2.24, 2.45) is 11.8 Å². The van der Waals surface area contributed by atoms with Gasteiger partial charge in [-0.15, -0.1) is 0 Å². The van der Waals surface area contributed by atoms with Crippen molar-refractivity contribution in [3.63, 3.8) is 0 Å². The zero-order chi connectivity index (χ0) is 34.9. The molecule has 0 saturated heterocycles. The van der Waals surface area contributed by atoms with Crippen LogP contribution in [0.25, 0.3) is 28.3 Å². The number of benzene rings is 3. The summed E-state index contributed by atoms with van der Waals surface area (Å²) in [5.74, 6) is 2.07. The normalized spacial score (nSPS) is 24.6. The van der Waals surface area contributed by atoms with E-state index in [9.17, 15) is 9.59 Å². The number of carbonyl (C=O) groups is 2. The summed E-state index contributed by atoms with van der Waals surface area (Å²) < 4.78 is 20.6. The van der Waals surface area contributed by atoms with Crippen molar-refractivity contribution in [3.05, 3.63) is 112 Å². The van der Waals surface area contributed by atoms with Gasteiger partial charge in [-0.05, 0) is 53.5 Å². The minimum atomic E-state index is -0.991. The predicted molar refractivity (Wildman–Crippen MR) is 192 cm³/mol. The van der Waals surface area contributed by atoms with Crippen LogP contribution < -0.4 is 20.7 Å². The molecule has 1 saturated carbocycles. The molecular formula is C42H37N5O5. The molecule has 2 aliphatic carbocycles. The summed E-state index contributed by atoms with van der Waals surface area (Å²) in [4.78, 5) is 37.8. The third-order valence-corrected chi connectivity index (χ3v) is 12.1. The van der Waals surface area contributed by atoms with E-state index in [1.165, 1.54) is 5.56 Å². The summed E-state index contributed by atoms with van der Waals surface area (Å²) in [7, 11) is 0. The molecule has 11 rings (SSSR count). The largest absolute Gasteiger partial charge is 0.469 e. The average Bonchev–Trinajstić information content (AvgIpc) is 3.99. The van der Waals surface area contributed by atoms with Gasteiger partial charge < -0.3 is 29.5 Å². The molecule has 52 heavy (non-hydrogen) atoms. The number of rotatable bonds is 3. The van der Waals surface area contributed by atoms with Crippen molar-refractivity contribution in [2.75, 3.05) is 5.32 Å². The molecule has 260 valence electrons. The predicted octanol–water partition coefficient (Wildman–Crippen LogP) is 6.82. The molecule has 1 spiro atoms. The first-order valence-corrected chi connectivity index (χ1v) is 18.5. The third kappa shape index (κ3) is 4.00. The zero-order valence-corrected chi connectivity index (χ0v) is 28.9. The topological polar surface area (TPSA) is 132 Å². The van der Waals surface area contributed by atoms with Gasteiger partial charge in [0, 0.05) is 40.3 Å². The lowest BCUT2D eigenvalue weighted by Gasteiger charge is -2.29. The van der Waals surface area contributed by atoms with Gasteiger partial charge in [0.05, 0.1) is 6.20 Å². The van der Waals surface area contributed by atoms with Gasteiger partial charge >= 0.3 is 0 Å². The second kappa shape index (κ2) is 10.7. The number of aromatic nitrogens is 2. The smallest absolute Gasteiger partial charge is 0.249 e. The number of hydrogen-bond acceptors (Lipinski definition) is 8. The van der Waals surface area contributed by atoms with E-state index in [4.69, 9.17) is 23.5 Å². The number of nitrogens with one attached hydrogen (secondary N) is 3. The van der Waals surface area contributed by atoms with Crippen molar-refractivity contribution in [1.29, 1.82) is 0 Å². The van der Waals surface area contributed by atoms with Crippen LogP contribution in [0.2, 0.25) is 0 Å². The summed E-state index contributed by atoms with van der Waals surface area (Å²) in [6.07, 6.45) is 8.25. The van der Waals surface area contributed by atoms with Crippen molar-refractivity contribution in [2.45, 2.75) is 76.1 Å². The fourth-order valence-corrected chi connectivity index (χ4v) is 9.58. The van der Waals surface area contributed by atoms with Crippen LogP contribution in [0.3, 0.4) is 0 Å². The minimum absolute atomic E-state index is 0.0655. The lowest BCUT2D eigenvalue weighted by atomic mass is 9.72. The lowest BCUT2D eigenvalue weighted by molar-refractivity contribution is -0.131. The van der Waals surface area contributed by atoms with Crippen LogP contribution in [0, 0.1) is 11.8 Å². The first-order chi connectivity index (χ1) is 25.4. The molecule has 10 nitrogen and oxygen atoms in total. The molecule has 3 aromatic carbocycles. The molecule has 2 aromatic heterocycles. The van der Waals surface area contributed by atoms with Crippen LogP contribution in [-0.2, 0) is 27.8 Å². The van der Waals surface area contributed by atoms with Gasteiger partial charge in [-0.3, -0.25) is 9.59 Å². The van der Waals surface area contributed by atoms with Gasteiger partial charge in [-0.2, -0.15) is 0 Å². The lowest BCUT2D eigenvalue weighted by Crippen LogP contribution is -2.50. The highest BCUT2D eigenvalue weighted by molar-refractivity contribution is 5.97. The molecule has 0 radical (unpaired) electrons. The van der Waals surface area contributed by atoms with Gasteiger partial charge in [0.15, 0.2) is 23.4 Å². The summed E-state index contributed by atoms with van der Waals surface area (Å²) in [5.41, 5.74) is 8.76. The Morgan fingerprint density at radius 2 is 1.85 bits per heavy atom. The molecule has 4 aliphatic heterocycles. The van der Waals surface area contributed by atoms with E-state index in [1.54, 1.807) is 6.20 Å². The molecule has 3 N–H and O–H groups in total. The first kappa shape index (κ1) is 30.0. The van der Waals surface area contributed by atoms with E-state index >= 15 is 0 Å². The molecule has 10 heteroatoms. The number of allylic oxidation sites excluding steroid dienone is 1. The molecule has 6 aliphatic rings. The van der Waals surface area contributed by atoms with Crippen LogP contribution in [0.15, 0.2) is 75.7 Å². The second-order valence-corrected chi connectivity index (χ2v) is 15.4. The Morgan fingerprint density at radius 1 is 1.00 bits per heavy atom. The van der Waals surface area contributed by atoms with Crippen LogP contribution in [0.4, 0.5) is 5.69 Å². The Balaban J connectivity index is 1.19. The maximum Gasteiger partial charge on any atom is 0.249 e. The van der Waals surface area contributed by atoms with Crippen LogP contribution in [0.5, 0.6) is 5.75 Å². The number of ether oxygens (including phenoxy) is 1. The van der Waals surface area contributed by atoms with Crippen molar-refractivity contribution < 1.29 is 23.2 Å². The standard InChI is InChI=1S/C42H37N5O5/c1-20(2)33-40-46-35-36(52-40)42-27-12-6-11-25(24-10-5-9-22-14-15-26(32(22)24)31-19-43-39(35)50-31)34(27)47-41(42)51-30-16-13-21(17-28(30)42)18-29(38(49)45-33)44-37(48)23-7-3-4-8-23/h5-6,9-13,15-17,19-20,23,29,33,41,47H,3-4,7-8,14,18H2,1-2H3,(H,44,48)(H,45,49)/t29?,33-,41-,42?/m0/s1. The Morgan fingerprint density at radius 3 is 2.71 bits per heavy atom. The fraction of sp³-hybridized carbons (Fsp3) is 0.333. The first-order valence-electron chi connectivity index (χ1n) is 18.5. The Kier molecular flexibility index (Phi) is 6.18. The second-order valence-electron chi connectivity index (χ2n) is 15.4. The SMILES string of the molecule is CC(C)[C@@H]1NC(=O)C(NC(=O)C2CCCC2)Cc2ccc3c(c2)C24c5cccc(c5N[C@H]2O3)-c2cccc3c2C(=CC3)c2cnc(o2)-c2nc1oc24. The summed E-state index contributed by atoms with van der Waals surface area (Å²) in [5, 5.41) is 10.2. The quantitative estimate of drug-likeness (QED) is 0.188. The Labute approximate surface area is 300 Å². The van der Waals surface area contributed by atoms with Crippen LogP contribution >= 0.6 is 0 Å². The number of hydrogen-bond donors (Lipinski definition) is 3. The molecule has 10 bridgehead atoms. The highest BCUT2D eigenvalue weighted by Crippen LogP contribution is 2.61. The molecule has 2 unspecified atom stereocenters. The number of anilines is 1. The summed E-state index contributed by atoms with van der Waals surface area (Å²) in [6.45, 7) is 4.05. The van der Waals surface area contributed by atoms with E-state index in [2.05, 4.69) is 64.5 Å². The zero-order valence-electron chi connectivity index (χ0n) is 28.9. The maximum atomic E-state index is 14.3. The fourth-order valence-electron chi connectivity index (χ4n) is 9.58. The molecule has 4 atom stereocenters. The Bertz CT molecular complexity index is 2400. The van der Waals surface area contributed by atoms with E-state index in [0.29, 0.717) is 41.2 Å². The molecule has 6 heterocycles. The van der Waals surface area contributed by atoms with Gasteiger partial charge in [-0.1, -0.05) is 81.3 Å². The van der Waals surface area contributed by atoms with E-state index in [0.717, 1.165) is 76.7 Å². The third-order valence-electron chi connectivity index (χ3n) is 12.1. The highest BCUT2D eigenvalue weighted by Gasteiger charge is 2.61. The van der Waals surface area contributed by atoms with Crippen molar-refractivity contribution >= 4 is 23.1 Å². The monoisotopic (exact) mass is 691 g/mol. The highest BCUT2D eigenvalue weighted by atomic mass is 16.5. The summed E-state index contributed by atoms with van der Waals surface area (Å²) >= 11 is 0. The maximum absolute atomic E-state index is 14.3. The van der Waals surface area contributed by atoms with Crippen LogP contribution in [-0.4, -0.2) is 34.1 Å². The average molecular weight is 692 g/mol. The molecule has 2 amide bonds. The van der Waals surface area contributed by atoms with Crippen molar-refractivity contribution in [1.82, 2.24) is 20.6 Å². The molecule has 5 aromatic rings. The number of amides is 2. The number of nitrogens with zero attached hydrogens (tertiary/aromatic N) is 2. The van der Waals surface area contributed by atoms with E-state index in [-0.39, 0.29) is 23.7 Å². The number of carbonyl (C=O) groups excluding carboxylic acids is 2. The molecule has 1 fully saturated rings. The van der Waals surface area contributed by atoms with Gasteiger partial charge in [0.25, 0.3) is 0 Å². The number of fused-ring (bicyclic) bond motifs is 7. The van der Waals surface area contributed by atoms with E-state index in [1.807, 2.05) is 26.0 Å². The number of oxazole rings is 2. The van der Waals surface area contributed by atoms with Crippen molar-refractivity contribution in [3.8, 4) is 28.5 Å². The van der Waals surface area contributed by atoms with Gasteiger partial charge in [0.1, 0.15) is 23.2 Å². The number of para-hydroxylation sites is 1. The van der Waals surface area contributed by atoms with Gasteiger partial charge in [0.2, 0.25) is 23.6 Å².